The summed E-state index contributed by atoms with van der Waals surface area (Å²) in [5.74, 6) is 0. The van der Waals surface area contributed by atoms with Gasteiger partial charge in [-0.2, -0.15) is 0 Å². The number of hydrazine groups is 1. The summed E-state index contributed by atoms with van der Waals surface area (Å²) < 4.78 is 0. The van der Waals surface area contributed by atoms with Gasteiger partial charge in [0, 0.05) is 13.1 Å². The first-order valence-corrected chi connectivity index (χ1v) is 2.45. The van der Waals surface area contributed by atoms with E-state index in [1.807, 2.05) is 5.59 Å². The van der Waals surface area contributed by atoms with Crippen LogP contribution in [0.3, 0.4) is 0 Å². The van der Waals surface area contributed by atoms with Crippen LogP contribution in [0.25, 0.3) is 0 Å². The van der Waals surface area contributed by atoms with Crippen LogP contribution in [0.2, 0.25) is 0 Å². The molecule has 0 aromatic heterocycles. The second-order valence-corrected chi connectivity index (χ2v) is 1.74. The lowest BCUT2D eigenvalue weighted by atomic mass is 10.4. The molecule has 0 aromatic rings. The molecule has 0 aliphatic carbocycles. The molecule has 3 N–H and O–H groups in total. The fourth-order valence-corrected chi connectivity index (χ4v) is 0.221. The topological polar surface area (TPSA) is 55.7 Å². The number of hydrogen-bond donors (Lipinski definition) is 3. The molecule has 0 saturated carbocycles. The third kappa shape index (κ3) is 2.23. The van der Waals surface area contributed by atoms with E-state index in [4.69, 9.17) is 10.3 Å². The maximum Gasteiger partial charge on any atom is 0.0598 e. The van der Waals surface area contributed by atoms with Gasteiger partial charge in [0.15, 0.2) is 0 Å². The monoisotopic (exact) mass is 120 g/mol. The molecule has 0 fully saturated rings. The molecule has 0 aromatic carbocycles. The summed E-state index contributed by atoms with van der Waals surface area (Å²) in [5.41, 5.74) is 1.89. The number of nitrogens with one attached hydrogen (secondary N) is 1. The SMILES string of the molecule is CC(CO)N(C)NO. The largest absolute Gasteiger partial charge is 0.395 e. The van der Waals surface area contributed by atoms with Crippen molar-refractivity contribution in [3.8, 4) is 0 Å². The lowest BCUT2D eigenvalue weighted by Crippen LogP contribution is -2.40. The maximum absolute atomic E-state index is 8.44. The molecule has 0 saturated heterocycles. The van der Waals surface area contributed by atoms with Gasteiger partial charge in [0.05, 0.1) is 6.61 Å². The highest BCUT2D eigenvalue weighted by Gasteiger charge is 2.03. The summed E-state index contributed by atoms with van der Waals surface area (Å²) in [6, 6.07) is -0.0556. The minimum atomic E-state index is -0.0556. The first kappa shape index (κ1) is 7.84. The molecular weight excluding hydrogens is 108 g/mol. The standard InChI is InChI=1S/C4H12N2O2/c1-4(3-7)6(2)5-8/h4-5,7-8H,3H2,1-2H3. The van der Waals surface area contributed by atoms with Crippen LogP contribution < -0.4 is 5.59 Å². The van der Waals surface area contributed by atoms with Crippen LogP contribution in [0.15, 0.2) is 0 Å². The number of nitrogens with zero attached hydrogens (tertiary/aromatic N) is 1. The van der Waals surface area contributed by atoms with Crippen molar-refractivity contribution in [3.63, 3.8) is 0 Å². The Morgan fingerprint density at radius 1 is 1.75 bits per heavy atom. The van der Waals surface area contributed by atoms with Crippen molar-refractivity contribution < 1.29 is 10.3 Å². The Morgan fingerprint density at radius 2 is 2.25 bits per heavy atom. The molecule has 50 valence electrons. The molecule has 0 rings (SSSR count). The Labute approximate surface area is 48.7 Å². The number of aliphatic hydroxyl groups is 1. The highest BCUT2D eigenvalue weighted by atomic mass is 16.5. The minimum Gasteiger partial charge on any atom is -0.395 e. The quantitative estimate of drug-likeness (QED) is 0.426. The van der Waals surface area contributed by atoms with Crippen molar-refractivity contribution in [2.75, 3.05) is 13.7 Å². The summed E-state index contributed by atoms with van der Waals surface area (Å²) in [6.45, 7) is 1.81. The Balaban J connectivity index is 3.29. The maximum atomic E-state index is 8.44. The van der Waals surface area contributed by atoms with E-state index in [9.17, 15) is 0 Å². The van der Waals surface area contributed by atoms with Crippen molar-refractivity contribution in [2.45, 2.75) is 13.0 Å². The van der Waals surface area contributed by atoms with Crippen LogP contribution in [-0.4, -0.2) is 35.0 Å². The molecular formula is C4H12N2O2. The average molecular weight is 120 g/mol. The summed E-state index contributed by atoms with van der Waals surface area (Å²) in [5, 5.41) is 18.0. The van der Waals surface area contributed by atoms with Crippen molar-refractivity contribution in [3.05, 3.63) is 0 Å². The molecule has 0 heterocycles. The lowest BCUT2D eigenvalue weighted by Gasteiger charge is -2.19. The zero-order chi connectivity index (χ0) is 6.57. The van der Waals surface area contributed by atoms with Crippen molar-refractivity contribution in [1.29, 1.82) is 0 Å². The summed E-state index contributed by atoms with van der Waals surface area (Å²) in [7, 11) is 1.64. The van der Waals surface area contributed by atoms with Gasteiger partial charge in [0.1, 0.15) is 0 Å². The zero-order valence-corrected chi connectivity index (χ0v) is 5.13. The second kappa shape index (κ2) is 3.80. The summed E-state index contributed by atoms with van der Waals surface area (Å²) >= 11 is 0. The predicted octanol–water partition coefficient (Wildman–Crippen LogP) is -0.807. The van der Waals surface area contributed by atoms with E-state index in [1.54, 1.807) is 14.0 Å². The van der Waals surface area contributed by atoms with E-state index in [0.717, 1.165) is 0 Å². The van der Waals surface area contributed by atoms with Crippen LogP contribution in [-0.2, 0) is 0 Å². The fraction of sp³-hybridized carbons (Fsp3) is 1.00. The van der Waals surface area contributed by atoms with Gasteiger partial charge >= 0.3 is 0 Å². The molecule has 4 heteroatoms. The van der Waals surface area contributed by atoms with E-state index < -0.39 is 0 Å². The zero-order valence-electron chi connectivity index (χ0n) is 5.13. The molecule has 0 radical (unpaired) electrons. The smallest absolute Gasteiger partial charge is 0.0598 e. The van der Waals surface area contributed by atoms with E-state index in [2.05, 4.69) is 0 Å². The van der Waals surface area contributed by atoms with Gasteiger partial charge < -0.3 is 10.3 Å². The van der Waals surface area contributed by atoms with Gasteiger partial charge in [-0.15, -0.1) is 5.59 Å². The van der Waals surface area contributed by atoms with E-state index in [0.29, 0.717) is 0 Å². The number of aliphatic hydroxyl groups excluding tert-OH is 1. The Kier molecular flexibility index (Phi) is 3.72. The van der Waals surface area contributed by atoms with Crippen LogP contribution in [0.4, 0.5) is 0 Å². The normalized spacial score (nSPS) is 14.6. The summed E-state index contributed by atoms with van der Waals surface area (Å²) in [6.07, 6.45) is 0. The van der Waals surface area contributed by atoms with Gasteiger partial charge in [0.2, 0.25) is 0 Å². The molecule has 4 nitrogen and oxygen atoms in total. The molecule has 8 heavy (non-hydrogen) atoms. The van der Waals surface area contributed by atoms with Crippen molar-refractivity contribution in [1.82, 2.24) is 10.6 Å². The third-order valence-electron chi connectivity index (χ3n) is 1.08. The molecule has 1 atom stereocenters. The van der Waals surface area contributed by atoms with Gasteiger partial charge in [-0.25, -0.2) is 5.01 Å². The molecule has 1 unspecified atom stereocenters. The van der Waals surface area contributed by atoms with Crippen LogP contribution in [0.1, 0.15) is 6.92 Å². The van der Waals surface area contributed by atoms with Crippen LogP contribution in [0.5, 0.6) is 0 Å². The third-order valence-corrected chi connectivity index (χ3v) is 1.08. The van der Waals surface area contributed by atoms with E-state index >= 15 is 0 Å². The van der Waals surface area contributed by atoms with E-state index in [-0.39, 0.29) is 12.6 Å². The Hall–Kier alpha value is -0.160. The van der Waals surface area contributed by atoms with Gasteiger partial charge in [0.25, 0.3) is 0 Å². The predicted molar refractivity (Wildman–Crippen MR) is 29.2 cm³/mol. The van der Waals surface area contributed by atoms with Crippen LogP contribution in [0, 0.1) is 0 Å². The first-order chi connectivity index (χ1) is 3.72. The highest BCUT2D eigenvalue weighted by molar-refractivity contribution is 4.52. The summed E-state index contributed by atoms with van der Waals surface area (Å²) in [4.78, 5) is 0. The molecule has 0 aliphatic rings. The Morgan fingerprint density at radius 3 is 2.38 bits per heavy atom. The lowest BCUT2D eigenvalue weighted by molar-refractivity contribution is -0.0374. The first-order valence-electron chi connectivity index (χ1n) is 2.45. The van der Waals surface area contributed by atoms with Crippen LogP contribution >= 0.6 is 0 Å². The second-order valence-electron chi connectivity index (χ2n) is 1.74. The Bertz CT molecular complexity index is 52.0. The van der Waals surface area contributed by atoms with Crippen molar-refractivity contribution >= 4 is 0 Å². The van der Waals surface area contributed by atoms with Gasteiger partial charge in [-0.05, 0) is 6.92 Å². The highest BCUT2D eigenvalue weighted by Crippen LogP contribution is 1.85. The minimum absolute atomic E-state index is 0.0318. The van der Waals surface area contributed by atoms with E-state index in [1.165, 1.54) is 5.01 Å². The van der Waals surface area contributed by atoms with Gasteiger partial charge in [-0.3, -0.25) is 0 Å². The molecule has 0 spiro atoms. The van der Waals surface area contributed by atoms with Crippen molar-refractivity contribution in [2.24, 2.45) is 0 Å². The molecule has 0 bridgehead atoms. The van der Waals surface area contributed by atoms with Gasteiger partial charge in [-0.1, -0.05) is 0 Å². The fourth-order valence-electron chi connectivity index (χ4n) is 0.221. The average Bonchev–Trinajstić information content (AvgIpc) is 1.84. The molecule has 0 aliphatic heterocycles. The number of rotatable bonds is 3. The number of hydrogen-bond acceptors (Lipinski definition) is 4. The number of likely N-dealkylation sites (N-methyl/N-ethyl adjacent to an activating group) is 1. The molecule has 0 amide bonds.